The Bertz CT molecular complexity index is 841. The van der Waals surface area contributed by atoms with Crippen molar-refractivity contribution in [2.45, 2.75) is 37.9 Å². The van der Waals surface area contributed by atoms with Crippen LogP contribution in [0.25, 0.3) is 0 Å². The Morgan fingerprint density at radius 1 is 1.26 bits per heavy atom. The first-order valence-corrected chi connectivity index (χ1v) is 8.43. The molecule has 0 radical (unpaired) electrons. The second-order valence-electron chi connectivity index (χ2n) is 6.47. The molecule has 3 N–H and O–H groups in total. The summed E-state index contributed by atoms with van der Waals surface area (Å²) >= 11 is 0. The molecule has 1 aliphatic rings. The van der Waals surface area contributed by atoms with Crippen LogP contribution in [0.5, 0.6) is 0 Å². The van der Waals surface area contributed by atoms with Gasteiger partial charge in [-0.3, -0.25) is 9.48 Å². The molecule has 1 saturated carbocycles. The van der Waals surface area contributed by atoms with E-state index in [2.05, 4.69) is 15.4 Å². The number of halogens is 3. The second-order valence-corrected chi connectivity index (χ2v) is 6.47. The van der Waals surface area contributed by atoms with Gasteiger partial charge in [0.15, 0.2) is 5.82 Å². The molecule has 0 saturated heterocycles. The number of aldehydes is 1. The van der Waals surface area contributed by atoms with E-state index in [-0.39, 0.29) is 29.2 Å². The fraction of sp³-hybridized carbons (Fsp3) is 0.412. The Labute approximate surface area is 152 Å². The predicted molar refractivity (Wildman–Crippen MR) is 90.9 cm³/mol. The molecular weight excluding hydrogens is 363 g/mol. The number of aromatic nitrogens is 3. The number of hydrogen-bond acceptors (Lipinski definition) is 5. The van der Waals surface area contributed by atoms with Gasteiger partial charge in [-0.1, -0.05) is 6.07 Å². The highest BCUT2D eigenvalue weighted by atomic mass is 19.4. The summed E-state index contributed by atoms with van der Waals surface area (Å²) in [6, 6.07) is 3.15. The van der Waals surface area contributed by atoms with Gasteiger partial charge in [0.1, 0.15) is 23.4 Å². The number of nitrogen functional groups attached to an aromatic ring is 1. The smallest absolute Gasteiger partial charge is 0.380 e. The highest BCUT2D eigenvalue weighted by Gasteiger charge is 2.33. The Morgan fingerprint density at radius 3 is 2.59 bits per heavy atom. The van der Waals surface area contributed by atoms with Crippen molar-refractivity contribution in [2.75, 3.05) is 11.1 Å². The highest BCUT2D eigenvalue weighted by molar-refractivity contribution is 6.04. The van der Waals surface area contributed by atoms with Crippen LogP contribution in [0.15, 0.2) is 24.4 Å². The SMILES string of the molecule is Nc1nn(C2CCC(C=O)CC2)cc1NC(=O)c1cccc(C(F)(F)F)n1. The molecule has 144 valence electrons. The van der Waals surface area contributed by atoms with Crippen molar-refractivity contribution >= 4 is 23.7 Å². The van der Waals surface area contributed by atoms with Crippen LogP contribution >= 0.6 is 0 Å². The first-order chi connectivity index (χ1) is 12.8. The van der Waals surface area contributed by atoms with Gasteiger partial charge < -0.3 is 15.8 Å². The fourth-order valence-electron chi connectivity index (χ4n) is 3.10. The molecule has 1 aliphatic carbocycles. The number of nitrogens with zero attached hydrogens (tertiary/aromatic N) is 3. The average molecular weight is 381 g/mol. The van der Waals surface area contributed by atoms with E-state index in [4.69, 9.17) is 5.73 Å². The molecule has 0 spiro atoms. The van der Waals surface area contributed by atoms with Gasteiger partial charge >= 0.3 is 6.18 Å². The van der Waals surface area contributed by atoms with Crippen molar-refractivity contribution in [1.29, 1.82) is 0 Å². The number of nitrogens with two attached hydrogens (primary N) is 1. The Morgan fingerprint density at radius 2 is 1.96 bits per heavy atom. The lowest BCUT2D eigenvalue weighted by Gasteiger charge is -2.25. The van der Waals surface area contributed by atoms with Crippen molar-refractivity contribution in [1.82, 2.24) is 14.8 Å². The van der Waals surface area contributed by atoms with Gasteiger partial charge in [-0.05, 0) is 37.8 Å². The number of amides is 1. The summed E-state index contributed by atoms with van der Waals surface area (Å²) in [6.45, 7) is 0. The van der Waals surface area contributed by atoms with E-state index < -0.39 is 17.8 Å². The molecule has 7 nitrogen and oxygen atoms in total. The Balaban J connectivity index is 1.72. The summed E-state index contributed by atoms with van der Waals surface area (Å²) < 4.78 is 39.8. The number of anilines is 2. The maximum Gasteiger partial charge on any atom is 0.433 e. The lowest BCUT2D eigenvalue weighted by molar-refractivity contribution is -0.141. The second kappa shape index (κ2) is 7.37. The van der Waals surface area contributed by atoms with Gasteiger partial charge in [0.2, 0.25) is 0 Å². The van der Waals surface area contributed by atoms with E-state index in [1.54, 1.807) is 10.9 Å². The van der Waals surface area contributed by atoms with Crippen LogP contribution in [0.3, 0.4) is 0 Å². The van der Waals surface area contributed by atoms with Crippen LogP contribution in [-0.2, 0) is 11.0 Å². The average Bonchev–Trinajstić information content (AvgIpc) is 3.01. The summed E-state index contributed by atoms with van der Waals surface area (Å²) in [5.41, 5.74) is 4.51. The number of rotatable bonds is 4. The first kappa shape index (κ1) is 18.9. The zero-order valence-electron chi connectivity index (χ0n) is 14.2. The maximum absolute atomic E-state index is 12.7. The molecular formula is C17H18F3N5O2. The molecule has 2 aromatic rings. The zero-order valence-corrected chi connectivity index (χ0v) is 14.2. The monoisotopic (exact) mass is 381 g/mol. The molecule has 10 heteroatoms. The van der Waals surface area contributed by atoms with E-state index in [1.807, 2.05) is 0 Å². The quantitative estimate of drug-likeness (QED) is 0.793. The number of pyridine rings is 1. The van der Waals surface area contributed by atoms with Crippen LogP contribution in [-0.4, -0.2) is 27.0 Å². The fourth-order valence-corrected chi connectivity index (χ4v) is 3.10. The lowest BCUT2D eigenvalue weighted by Crippen LogP contribution is -2.19. The number of carbonyl (C=O) groups excluding carboxylic acids is 2. The number of nitrogens with one attached hydrogen (secondary N) is 1. The summed E-state index contributed by atoms with van der Waals surface area (Å²) in [6.07, 6.45) is 0.891. The summed E-state index contributed by atoms with van der Waals surface area (Å²) in [4.78, 5) is 26.4. The van der Waals surface area contributed by atoms with Crippen molar-refractivity contribution in [3.05, 3.63) is 35.8 Å². The molecule has 27 heavy (non-hydrogen) atoms. The molecule has 1 fully saturated rings. The normalized spacial score (nSPS) is 20.3. The van der Waals surface area contributed by atoms with E-state index >= 15 is 0 Å². The number of hydrogen-bond donors (Lipinski definition) is 2. The standard InChI is InChI=1S/C17H18F3N5O2/c18-17(19,20)14-3-1-2-12(22-14)16(27)23-13-8-25(24-15(13)21)11-6-4-10(9-26)5-7-11/h1-3,8-11H,4-7H2,(H2,21,24)(H,23,27). The van der Waals surface area contributed by atoms with Gasteiger partial charge in [-0.2, -0.15) is 18.3 Å². The molecule has 0 unspecified atom stereocenters. The van der Waals surface area contributed by atoms with E-state index in [9.17, 15) is 22.8 Å². The van der Waals surface area contributed by atoms with Crippen LogP contribution in [0.4, 0.5) is 24.7 Å². The minimum atomic E-state index is -4.64. The molecule has 0 aliphatic heterocycles. The molecule has 2 heterocycles. The first-order valence-electron chi connectivity index (χ1n) is 8.43. The molecule has 0 aromatic carbocycles. The molecule has 1 amide bonds. The lowest BCUT2D eigenvalue weighted by atomic mass is 9.87. The van der Waals surface area contributed by atoms with Gasteiger partial charge in [0, 0.05) is 5.92 Å². The number of alkyl halides is 3. The zero-order chi connectivity index (χ0) is 19.6. The third-order valence-electron chi connectivity index (χ3n) is 4.59. The third-order valence-corrected chi connectivity index (χ3v) is 4.59. The van der Waals surface area contributed by atoms with Gasteiger partial charge in [-0.25, -0.2) is 4.98 Å². The van der Waals surface area contributed by atoms with Crippen LogP contribution in [0.1, 0.15) is 47.9 Å². The third kappa shape index (κ3) is 4.26. The molecule has 3 rings (SSSR count). The van der Waals surface area contributed by atoms with E-state index in [0.29, 0.717) is 0 Å². The van der Waals surface area contributed by atoms with E-state index in [0.717, 1.165) is 44.1 Å². The Kier molecular flexibility index (Phi) is 5.15. The summed E-state index contributed by atoms with van der Waals surface area (Å²) in [7, 11) is 0. The van der Waals surface area contributed by atoms with Crippen LogP contribution in [0.2, 0.25) is 0 Å². The van der Waals surface area contributed by atoms with Gasteiger partial charge in [0.25, 0.3) is 5.91 Å². The minimum absolute atomic E-state index is 0.0558. The van der Waals surface area contributed by atoms with Crippen molar-refractivity contribution in [3.8, 4) is 0 Å². The van der Waals surface area contributed by atoms with Gasteiger partial charge in [0.05, 0.1) is 12.2 Å². The number of carbonyl (C=O) groups is 2. The van der Waals surface area contributed by atoms with Crippen LogP contribution < -0.4 is 11.1 Å². The highest BCUT2D eigenvalue weighted by Crippen LogP contribution is 2.32. The topological polar surface area (TPSA) is 103 Å². The summed E-state index contributed by atoms with van der Waals surface area (Å²) in [5, 5.41) is 6.63. The van der Waals surface area contributed by atoms with Crippen molar-refractivity contribution in [3.63, 3.8) is 0 Å². The van der Waals surface area contributed by atoms with Crippen molar-refractivity contribution < 1.29 is 22.8 Å². The summed E-state index contributed by atoms with van der Waals surface area (Å²) in [5.74, 6) is -0.690. The molecule has 0 bridgehead atoms. The van der Waals surface area contributed by atoms with Gasteiger partial charge in [-0.15, -0.1) is 0 Å². The predicted octanol–water partition coefficient (Wildman–Crippen LogP) is 3.06. The van der Waals surface area contributed by atoms with Crippen LogP contribution in [0, 0.1) is 5.92 Å². The maximum atomic E-state index is 12.7. The van der Waals surface area contributed by atoms with E-state index in [1.165, 1.54) is 6.07 Å². The molecule has 2 aromatic heterocycles. The molecule has 0 atom stereocenters. The largest absolute Gasteiger partial charge is 0.433 e. The van der Waals surface area contributed by atoms with Crippen molar-refractivity contribution in [2.24, 2.45) is 5.92 Å². The minimum Gasteiger partial charge on any atom is -0.380 e. The Hall–Kier alpha value is -2.91.